The Hall–Kier alpha value is -1.06. The number of likely N-dealkylation sites (tertiary alicyclic amines) is 1. The van der Waals surface area contributed by atoms with Crippen molar-refractivity contribution in [3.8, 4) is 0 Å². The fourth-order valence-electron chi connectivity index (χ4n) is 3.00. The number of carbonyl (C=O) groups excluding carboxylic acids is 1. The van der Waals surface area contributed by atoms with Crippen LogP contribution in [0.1, 0.15) is 15.9 Å². The van der Waals surface area contributed by atoms with E-state index in [0.29, 0.717) is 22.4 Å². The van der Waals surface area contributed by atoms with Crippen LogP contribution in [0.3, 0.4) is 0 Å². The minimum Gasteiger partial charge on any atom is -0.338 e. The molecule has 2 fully saturated rings. The van der Waals surface area contributed by atoms with Gasteiger partial charge in [-0.05, 0) is 30.4 Å². The Kier molecular flexibility index (Phi) is 3.04. The molecule has 2 aliphatic heterocycles. The van der Waals surface area contributed by atoms with Crippen LogP contribution in [0.2, 0.25) is 5.02 Å². The molecule has 0 aliphatic carbocycles. The maximum absolute atomic E-state index is 12.5. The molecule has 2 unspecified atom stereocenters. The topological polar surface area (TPSA) is 32.3 Å². The van der Waals surface area contributed by atoms with E-state index in [0.717, 1.165) is 31.7 Å². The summed E-state index contributed by atoms with van der Waals surface area (Å²) in [6, 6.07) is 5.65. The monoisotopic (exact) mass is 264 g/mol. The van der Waals surface area contributed by atoms with Gasteiger partial charge in [-0.15, -0.1) is 0 Å². The number of rotatable bonds is 1. The van der Waals surface area contributed by atoms with Gasteiger partial charge in [0.15, 0.2) is 0 Å². The van der Waals surface area contributed by atoms with Crippen LogP contribution in [-0.4, -0.2) is 37.0 Å². The second-order valence-corrected chi connectivity index (χ2v) is 5.70. The number of halogens is 1. The molecule has 1 N–H and O–H groups in total. The van der Waals surface area contributed by atoms with Gasteiger partial charge < -0.3 is 10.2 Å². The number of fused-ring (bicyclic) bond motifs is 1. The summed E-state index contributed by atoms with van der Waals surface area (Å²) in [6.07, 6.45) is 0. The molecule has 18 heavy (non-hydrogen) atoms. The van der Waals surface area contributed by atoms with Gasteiger partial charge in [-0.2, -0.15) is 0 Å². The molecule has 4 heteroatoms. The van der Waals surface area contributed by atoms with Crippen LogP contribution in [0.25, 0.3) is 0 Å². The highest BCUT2D eigenvalue weighted by Gasteiger charge is 2.38. The molecule has 1 aromatic rings. The number of carbonyl (C=O) groups is 1. The second-order valence-electron chi connectivity index (χ2n) is 5.32. The largest absolute Gasteiger partial charge is 0.338 e. The van der Waals surface area contributed by atoms with Gasteiger partial charge in [-0.25, -0.2) is 0 Å². The van der Waals surface area contributed by atoms with Crippen molar-refractivity contribution in [2.24, 2.45) is 11.8 Å². The van der Waals surface area contributed by atoms with E-state index in [1.165, 1.54) is 0 Å². The maximum atomic E-state index is 12.5. The van der Waals surface area contributed by atoms with E-state index in [2.05, 4.69) is 5.32 Å². The third kappa shape index (κ3) is 1.91. The molecule has 1 amide bonds. The number of amides is 1. The highest BCUT2D eigenvalue weighted by atomic mass is 35.5. The predicted octanol–water partition coefficient (Wildman–Crippen LogP) is 1.94. The minimum atomic E-state index is 0.0816. The lowest BCUT2D eigenvalue weighted by Gasteiger charge is -2.18. The van der Waals surface area contributed by atoms with Crippen LogP contribution in [0, 0.1) is 18.8 Å². The Balaban J connectivity index is 1.81. The van der Waals surface area contributed by atoms with E-state index in [-0.39, 0.29) is 5.91 Å². The number of nitrogens with zero attached hydrogens (tertiary/aromatic N) is 1. The summed E-state index contributed by atoms with van der Waals surface area (Å²) in [4.78, 5) is 14.4. The second kappa shape index (κ2) is 4.56. The van der Waals surface area contributed by atoms with Crippen LogP contribution >= 0.6 is 11.6 Å². The van der Waals surface area contributed by atoms with Crippen molar-refractivity contribution in [2.45, 2.75) is 6.92 Å². The van der Waals surface area contributed by atoms with Crippen LogP contribution in [-0.2, 0) is 0 Å². The molecule has 0 radical (unpaired) electrons. The smallest absolute Gasteiger partial charge is 0.255 e. The summed E-state index contributed by atoms with van der Waals surface area (Å²) in [5.41, 5.74) is 1.60. The molecule has 0 aromatic heterocycles. The molecular formula is C14H17ClN2O. The van der Waals surface area contributed by atoms with Crippen molar-refractivity contribution in [1.82, 2.24) is 10.2 Å². The first kappa shape index (κ1) is 12.0. The van der Waals surface area contributed by atoms with Gasteiger partial charge in [0.25, 0.3) is 5.91 Å². The normalized spacial score (nSPS) is 26.4. The summed E-state index contributed by atoms with van der Waals surface area (Å²) in [5, 5.41) is 3.98. The lowest BCUT2D eigenvalue weighted by atomic mass is 10.0. The molecule has 2 aliphatic rings. The molecule has 0 saturated carbocycles. The van der Waals surface area contributed by atoms with Crippen molar-refractivity contribution in [3.63, 3.8) is 0 Å². The van der Waals surface area contributed by atoms with Crippen molar-refractivity contribution in [3.05, 3.63) is 34.3 Å². The number of aryl methyl sites for hydroxylation is 1. The fraction of sp³-hybridized carbons (Fsp3) is 0.500. The molecule has 0 spiro atoms. The molecule has 3 rings (SSSR count). The third-order valence-electron chi connectivity index (χ3n) is 4.10. The number of hydrogen-bond acceptors (Lipinski definition) is 2. The zero-order valence-corrected chi connectivity index (χ0v) is 11.2. The standard InChI is InChI=1S/C14H17ClN2O/c1-9-3-2-4-12(13(9)15)14(18)17-7-10-5-16-6-11(10)8-17/h2-4,10-11,16H,5-8H2,1H3. The highest BCUT2D eigenvalue weighted by Crippen LogP contribution is 2.29. The zero-order chi connectivity index (χ0) is 12.7. The van der Waals surface area contributed by atoms with Gasteiger partial charge in [-0.3, -0.25) is 4.79 Å². The Morgan fingerprint density at radius 3 is 2.67 bits per heavy atom. The Morgan fingerprint density at radius 1 is 1.33 bits per heavy atom. The molecular weight excluding hydrogens is 248 g/mol. The molecule has 2 atom stereocenters. The van der Waals surface area contributed by atoms with Crippen LogP contribution < -0.4 is 5.32 Å². The van der Waals surface area contributed by atoms with Crippen molar-refractivity contribution in [1.29, 1.82) is 0 Å². The Labute approximate surface area is 112 Å². The first-order chi connectivity index (χ1) is 8.66. The number of nitrogens with one attached hydrogen (secondary N) is 1. The molecule has 96 valence electrons. The summed E-state index contributed by atoms with van der Waals surface area (Å²) in [6.45, 7) is 5.73. The molecule has 2 heterocycles. The van der Waals surface area contributed by atoms with E-state index in [4.69, 9.17) is 11.6 Å². The van der Waals surface area contributed by atoms with Gasteiger partial charge in [0.1, 0.15) is 0 Å². The highest BCUT2D eigenvalue weighted by molar-refractivity contribution is 6.34. The number of benzene rings is 1. The zero-order valence-electron chi connectivity index (χ0n) is 10.4. The van der Waals surface area contributed by atoms with Crippen molar-refractivity contribution >= 4 is 17.5 Å². The van der Waals surface area contributed by atoms with E-state index < -0.39 is 0 Å². The summed E-state index contributed by atoms with van der Waals surface area (Å²) < 4.78 is 0. The molecule has 3 nitrogen and oxygen atoms in total. The SMILES string of the molecule is Cc1cccc(C(=O)N2CC3CNCC3C2)c1Cl. The fourth-order valence-corrected chi connectivity index (χ4v) is 3.21. The Morgan fingerprint density at radius 2 is 2.00 bits per heavy atom. The summed E-state index contributed by atoms with van der Waals surface area (Å²) >= 11 is 6.23. The van der Waals surface area contributed by atoms with E-state index in [9.17, 15) is 4.79 Å². The lowest BCUT2D eigenvalue weighted by molar-refractivity contribution is 0.0782. The first-order valence-electron chi connectivity index (χ1n) is 6.42. The lowest BCUT2D eigenvalue weighted by Crippen LogP contribution is -2.32. The van der Waals surface area contributed by atoms with Crippen LogP contribution in [0.15, 0.2) is 18.2 Å². The predicted molar refractivity (Wildman–Crippen MR) is 71.9 cm³/mol. The van der Waals surface area contributed by atoms with Crippen molar-refractivity contribution in [2.75, 3.05) is 26.2 Å². The van der Waals surface area contributed by atoms with Crippen LogP contribution in [0.4, 0.5) is 0 Å². The average molecular weight is 265 g/mol. The average Bonchev–Trinajstić information content (AvgIpc) is 2.92. The molecule has 0 bridgehead atoms. The van der Waals surface area contributed by atoms with Gasteiger partial charge in [0.05, 0.1) is 10.6 Å². The van der Waals surface area contributed by atoms with Gasteiger partial charge in [-0.1, -0.05) is 23.7 Å². The molecule has 1 aromatic carbocycles. The number of hydrogen-bond donors (Lipinski definition) is 1. The Bertz CT molecular complexity index is 477. The van der Waals surface area contributed by atoms with E-state index in [1.54, 1.807) is 0 Å². The molecule has 2 saturated heterocycles. The van der Waals surface area contributed by atoms with Crippen molar-refractivity contribution < 1.29 is 4.79 Å². The first-order valence-corrected chi connectivity index (χ1v) is 6.79. The van der Waals surface area contributed by atoms with Crippen LogP contribution in [0.5, 0.6) is 0 Å². The summed E-state index contributed by atoms with van der Waals surface area (Å²) in [7, 11) is 0. The summed E-state index contributed by atoms with van der Waals surface area (Å²) in [5.74, 6) is 1.33. The van der Waals surface area contributed by atoms with E-state index in [1.807, 2.05) is 30.0 Å². The van der Waals surface area contributed by atoms with E-state index >= 15 is 0 Å². The minimum absolute atomic E-state index is 0.0816. The maximum Gasteiger partial charge on any atom is 0.255 e. The van der Waals surface area contributed by atoms with Gasteiger partial charge >= 0.3 is 0 Å². The quantitative estimate of drug-likeness (QED) is 0.841. The van der Waals surface area contributed by atoms with Gasteiger partial charge in [0.2, 0.25) is 0 Å². The third-order valence-corrected chi connectivity index (χ3v) is 4.60. The van der Waals surface area contributed by atoms with Gasteiger partial charge in [0, 0.05) is 26.2 Å².